The number of nitrogens with one attached hydrogen (secondary N) is 2. The number of benzene rings is 3. The smallest absolute Gasteiger partial charge is 0.247 e. The van der Waals surface area contributed by atoms with E-state index in [1.165, 1.54) is 6.08 Å². The lowest BCUT2D eigenvalue weighted by molar-refractivity contribution is -0.111. The van der Waals surface area contributed by atoms with E-state index in [4.69, 9.17) is 19.9 Å². The van der Waals surface area contributed by atoms with Crippen LogP contribution in [0.25, 0.3) is 11.3 Å². The van der Waals surface area contributed by atoms with Crippen molar-refractivity contribution in [2.75, 3.05) is 5.32 Å². The van der Waals surface area contributed by atoms with Gasteiger partial charge < -0.3 is 20.2 Å². The molecule has 0 saturated heterocycles. The van der Waals surface area contributed by atoms with Crippen LogP contribution >= 0.6 is 0 Å². The van der Waals surface area contributed by atoms with E-state index in [1.807, 2.05) is 79.7 Å². The molecule has 6 heteroatoms. The second-order valence-corrected chi connectivity index (χ2v) is 7.64. The lowest BCUT2D eigenvalue weighted by Gasteiger charge is -2.13. The number of amides is 1. The Kier molecular flexibility index (Phi) is 7.33. The maximum atomic E-state index is 11.7. The molecular weight excluding hydrogens is 438 g/mol. The fourth-order valence-corrected chi connectivity index (χ4v) is 3.36. The normalized spacial score (nSPS) is 10.3. The van der Waals surface area contributed by atoms with Crippen molar-refractivity contribution in [1.82, 2.24) is 4.98 Å². The van der Waals surface area contributed by atoms with Crippen molar-refractivity contribution in [2.24, 2.45) is 0 Å². The van der Waals surface area contributed by atoms with Crippen LogP contribution in [0.1, 0.15) is 18.9 Å². The molecule has 0 bridgehead atoms. The van der Waals surface area contributed by atoms with Crippen molar-refractivity contribution >= 4 is 17.3 Å². The quantitative estimate of drug-likeness (QED) is 0.202. The third-order valence-corrected chi connectivity index (χ3v) is 5.17. The van der Waals surface area contributed by atoms with Gasteiger partial charge in [-0.3, -0.25) is 4.79 Å². The first kappa shape index (κ1) is 23.4. The number of hydrogen-bond donors (Lipinski definition) is 2. The first-order valence-corrected chi connectivity index (χ1v) is 11.2. The minimum Gasteiger partial charge on any atom is -0.457 e. The molecule has 4 aromatic rings. The molecule has 3 aromatic carbocycles. The Morgan fingerprint density at radius 2 is 1.60 bits per heavy atom. The topological polar surface area (TPSA) is 84.3 Å². The van der Waals surface area contributed by atoms with Crippen LogP contribution in [0, 0.1) is 5.41 Å². The second kappa shape index (κ2) is 10.9. The first-order chi connectivity index (χ1) is 17.1. The summed E-state index contributed by atoms with van der Waals surface area (Å²) in [7, 11) is 0. The number of ether oxygens (including phenoxy) is 2. The van der Waals surface area contributed by atoms with E-state index < -0.39 is 0 Å². The second-order valence-electron chi connectivity index (χ2n) is 7.64. The summed E-state index contributed by atoms with van der Waals surface area (Å²) < 4.78 is 12.0. The third kappa shape index (κ3) is 6.00. The summed E-state index contributed by atoms with van der Waals surface area (Å²) in [6, 6.07) is 27.8. The molecule has 1 aromatic heterocycles. The zero-order valence-corrected chi connectivity index (χ0v) is 19.3. The Morgan fingerprint density at radius 3 is 2.29 bits per heavy atom. The number of carbonyl (C=O) groups excluding carboxylic acids is 1. The largest absolute Gasteiger partial charge is 0.457 e. The molecule has 0 aliphatic heterocycles. The summed E-state index contributed by atoms with van der Waals surface area (Å²) in [6.07, 6.45) is 1.77. The third-order valence-electron chi connectivity index (χ3n) is 5.17. The van der Waals surface area contributed by atoms with Gasteiger partial charge in [0.25, 0.3) is 0 Å². The van der Waals surface area contributed by atoms with Crippen molar-refractivity contribution in [1.29, 1.82) is 5.41 Å². The van der Waals surface area contributed by atoms with Gasteiger partial charge in [-0.15, -0.1) is 0 Å². The van der Waals surface area contributed by atoms with Crippen LogP contribution in [-0.4, -0.2) is 16.6 Å². The molecule has 35 heavy (non-hydrogen) atoms. The molecule has 2 N–H and O–H groups in total. The van der Waals surface area contributed by atoms with Gasteiger partial charge in [-0.2, -0.15) is 0 Å². The van der Waals surface area contributed by atoms with E-state index >= 15 is 0 Å². The van der Waals surface area contributed by atoms with Crippen LogP contribution in [0.3, 0.4) is 0 Å². The summed E-state index contributed by atoms with van der Waals surface area (Å²) in [5.41, 5.74) is 3.15. The highest BCUT2D eigenvalue weighted by atomic mass is 16.5. The number of para-hydroxylation sites is 1. The van der Waals surface area contributed by atoms with Crippen LogP contribution in [0.15, 0.2) is 104 Å². The van der Waals surface area contributed by atoms with E-state index in [9.17, 15) is 4.79 Å². The lowest BCUT2D eigenvalue weighted by atomic mass is 10.1. The standard InChI is InChI=1S/C29H25N3O3/c1-3-26(30)25-17-18-27(20-9-8-10-21(19-20)31-28(33)4-2)32-29(25)35-24-15-13-23(14-16-24)34-22-11-6-5-7-12-22/h4-19,30H,2-3H2,1H3,(H,31,33). The highest BCUT2D eigenvalue weighted by molar-refractivity contribution is 6.00. The van der Waals surface area contributed by atoms with Gasteiger partial charge in [-0.1, -0.05) is 43.8 Å². The van der Waals surface area contributed by atoms with Gasteiger partial charge in [-0.25, -0.2) is 4.98 Å². The Labute approximate surface area is 204 Å². The molecule has 0 aliphatic rings. The molecule has 0 aliphatic carbocycles. The van der Waals surface area contributed by atoms with Gasteiger partial charge in [0, 0.05) is 17.0 Å². The van der Waals surface area contributed by atoms with Crippen molar-refractivity contribution in [3.8, 4) is 34.4 Å². The number of aromatic nitrogens is 1. The Bertz CT molecular complexity index is 1350. The minimum atomic E-state index is -0.287. The summed E-state index contributed by atoms with van der Waals surface area (Å²) in [5.74, 6) is 2.07. The van der Waals surface area contributed by atoms with Gasteiger partial charge in [0.1, 0.15) is 17.2 Å². The van der Waals surface area contributed by atoms with Crippen molar-refractivity contribution in [3.05, 3.63) is 109 Å². The zero-order chi connectivity index (χ0) is 24.6. The number of rotatable bonds is 9. The predicted octanol–water partition coefficient (Wildman–Crippen LogP) is 7.24. The number of hydrogen-bond acceptors (Lipinski definition) is 5. The number of anilines is 1. The number of carbonyl (C=O) groups is 1. The van der Waals surface area contributed by atoms with Crippen LogP contribution in [0.4, 0.5) is 5.69 Å². The highest BCUT2D eigenvalue weighted by Gasteiger charge is 2.14. The summed E-state index contributed by atoms with van der Waals surface area (Å²) in [5, 5.41) is 11.1. The lowest BCUT2D eigenvalue weighted by Crippen LogP contribution is -2.07. The van der Waals surface area contributed by atoms with Gasteiger partial charge in [0.2, 0.25) is 11.8 Å². The van der Waals surface area contributed by atoms with E-state index in [2.05, 4.69) is 11.9 Å². The van der Waals surface area contributed by atoms with Crippen molar-refractivity contribution in [2.45, 2.75) is 13.3 Å². The number of pyridine rings is 1. The van der Waals surface area contributed by atoms with E-state index in [-0.39, 0.29) is 5.91 Å². The molecule has 0 unspecified atom stereocenters. The molecule has 1 amide bonds. The average molecular weight is 464 g/mol. The van der Waals surface area contributed by atoms with Crippen LogP contribution < -0.4 is 14.8 Å². The SMILES string of the molecule is C=CC(=O)Nc1cccc(-c2ccc(C(=N)CC)c(Oc3ccc(Oc4ccccc4)cc3)n2)c1. The molecule has 0 radical (unpaired) electrons. The highest BCUT2D eigenvalue weighted by Crippen LogP contribution is 2.31. The fourth-order valence-electron chi connectivity index (χ4n) is 3.36. The van der Waals surface area contributed by atoms with Gasteiger partial charge >= 0.3 is 0 Å². The molecular formula is C29H25N3O3. The van der Waals surface area contributed by atoms with Crippen LogP contribution in [0.2, 0.25) is 0 Å². The molecule has 1 heterocycles. The Balaban J connectivity index is 1.60. The maximum Gasteiger partial charge on any atom is 0.247 e. The predicted molar refractivity (Wildman–Crippen MR) is 139 cm³/mol. The van der Waals surface area contributed by atoms with E-state index in [0.717, 1.165) is 11.3 Å². The van der Waals surface area contributed by atoms with Gasteiger partial charge in [0.05, 0.1) is 11.3 Å². The molecule has 0 atom stereocenters. The van der Waals surface area contributed by atoms with Crippen LogP contribution in [0.5, 0.6) is 23.1 Å². The molecule has 0 spiro atoms. The van der Waals surface area contributed by atoms with Crippen LogP contribution in [-0.2, 0) is 4.79 Å². The molecule has 6 nitrogen and oxygen atoms in total. The monoisotopic (exact) mass is 463 g/mol. The minimum absolute atomic E-state index is 0.287. The molecule has 0 saturated carbocycles. The van der Waals surface area contributed by atoms with Gasteiger partial charge in [0.15, 0.2) is 0 Å². The summed E-state index contributed by atoms with van der Waals surface area (Å²) in [6.45, 7) is 5.40. The Morgan fingerprint density at radius 1 is 0.914 bits per heavy atom. The summed E-state index contributed by atoms with van der Waals surface area (Å²) >= 11 is 0. The molecule has 174 valence electrons. The first-order valence-electron chi connectivity index (χ1n) is 11.2. The summed E-state index contributed by atoms with van der Waals surface area (Å²) in [4.78, 5) is 16.4. The zero-order valence-electron chi connectivity index (χ0n) is 19.3. The van der Waals surface area contributed by atoms with Gasteiger partial charge in [-0.05, 0) is 73.2 Å². The number of nitrogens with zero attached hydrogens (tertiary/aromatic N) is 1. The average Bonchev–Trinajstić information content (AvgIpc) is 2.90. The van der Waals surface area contributed by atoms with Crippen molar-refractivity contribution < 1.29 is 14.3 Å². The maximum absolute atomic E-state index is 11.7. The Hall–Kier alpha value is -4.71. The van der Waals surface area contributed by atoms with E-state index in [1.54, 1.807) is 18.2 Å². The molecule has 4 rings (SSSR count). The molecule has 0 fully saturated rings. The van der Waals surface area contributed by atoms with E-state index in [0.29, 0.717) is 46.5 Å². The van der Waals surface area contributed by atoms with Crippen molar-refractivity contribution in [3.63, 3.8) is 0 Å². The fraction of sp³-hybridized carbons (Fsp3) is 0.0690.